The molecule has 1 unspecified atom stereocenters. The Bertz CT molecular complexity index is 597. The molecule has 1 aromatic heterocycles. The average molecular weight is 296 g/mol. The van der Waals surface area contributed by atoms with E-state index >= 15 is 0 Å². The fourth-order valence-electron chi connectivity index (χ4n) is 2.12. The first-order valence-electron chi connectivity index (χ1n) is 6.30. The van der Waals surface area contributed by atoms with E-state index in [-0.39, 0.29) is 6.04 Å². The van der Waals surface area contributed by atoms with Crippen molar-refractivity contribution in [3.63, 3.8) is 0 Å². The number of nitrogens with zero attached hydrogens (tertiary/aromatic N) is 1. The number of pyridine rings is 1. The Morgan fingerprint density at radius 2 is 1.81 bits per heavy atom. The SMILES string of the molecule is CNC(c1ccc(C(F)(F)F)cc1)c1ncccc1OC. The van der Waals surface area contributed by atoms with Crippen molar-refractivity contribution in [3.05, 3.63) is 59.4 Å². The van der Waals surface area contributed by atoms with E-state index in [0.29, 0.717) is 17.0 Å². The van der Waals surface area contributed by atoms with Crippen LogP contribution in [0.2, 0.25) is 0 Å². The lowest BCUT2D eigenvalue weighted by atomic mass is 10.0. The Hall–Kier alpha value is -2.08. The Morgan fingerprint density at radius 1 is 1.14 bits per heavy atom. The van der Waals surface area contributed by atoms with Gasteiger partial charge in [-0.3, -0.25) is 4.98 Å². The lowest BCUT2D eigenvalue weighted by Gasteiger charge is -2.19. The predicted molar refractivity (Wildman–Crippen MR) is 73.1 cm³/mol. The Kier molecular flexibility index (Phi) is 4.47. The highest BCUT2D eigenvalue weighted by Gasteiger charge is 2.30. The Balaban J connectivity index is 2.38. The summed E-state index contributed by atoms with van der Waals surface area (Å²) in [5.74, 6) is 0.580. The monoisotopic (exact) mass is 296 g/mol. The van der Waals surface area contributed by atoms with E-state index in [1.807, 2.05) is 0 Å². The quantitative estimate of drug-likeness (QED) is 0.938. The molecule has 0 radical (unpaired) electrons. The first-order valence-corrected chi connectivity index (χ1v) is 6.30. The third-order valence-electron chi connectivity index (χ3n) is 3.15. The molecule has 0 aliphatic heterocycles. The van der Waals surface area contributed by atoms with Crippen molar-refractivity contribution in [1.82, 2.24) is 10.3 Å². The first kappa shape index (κ1) is 15.3. The summed E-state index contributed by atoms with van der Waals surface area (Å²) in [6.07, 6.45) is -2.72. The van der Waals surface area contributed by atoms with Crippen molar-refractivity contribution in [2.24, 2.45) is 0 Å². The third-order valence-corrected chi connectivity index (χ3v) is 3.15. The molecule has 1 heterocycles. The molecule has 1 aromatic carbocycles. The van der Waals surface area contributed by atoms with E-state index in [1.54, 1.807) is 25.4 Å². The van der Waals surface area contributed by atoms with Crippen molar-refractivity contribution in [2.45, 2.75) is 12.2 Å². The van der Waals surface area contributed by atoms with Crippen LogP contribution < -0.4 is 10.1 Å². The molecule has 0 spiro atoms. The van der Waals surface area contributed by atoms with Gasteiger partial charge in [-0.05, 0) is 36.9 Å². The summed E-state index contributed by atoms with van der Waals surface area (Å²) in [4.78, 5) is 4.26. The zero-order chi connectivity index (χ0) is 15.5. The van der Waals surface area contributed by atoms with E-state index in [2.05, 4.69) is 10.3 Å². The molecule has 0 fully saturated rings. The second kappa shape index (κ2) is 6.13. The maximum absolute atomic E-state index is 12.6. The Labute approximate surface area is 120 Å². The van der Waals surface area contributed by atoms with Crippen LogP contribution in [0.25, 0.3) is 0 Å². The van der Waals surface area contributed by atoms with Crippen LogP contribution in [-0.4, -0.2) is 19.1 Å². The van der Waals surface area contributed by atoms with Crippen LogP contribution in [0.4, 0.5) is 13.2 Å². The third kappa shape index (κ3) is 3.33. The van der Waals surface area contributed by atoms with E-state index in [0.717, 1.165) is 12.1 Å². The van der Waals surface area contributed by atoms with Crippen LogP contribution >= 0.6 is 0 Å². The minimum Gasteiger partial charge on any atom is -0.495 e. The highest BCUT2D eigenvalue weighted by atomic mass is 19.4. The molecular weight excluding hydrogens is 281 g/mol. The fourth-order valence-corrected chi connectivity index (χ4v) is 2.12. The largest absolute Gasteiger partial charge is 0.495 e. The average Bonchev–Trinajstić information content (AvgIpc) is 2.48. The maximum atomic E-state index is 12.6. The van der Waals surface area contributed by atoms with Gasteiger partial charge in [0.05, 0.1) is 18.7 Å². The number of alkyl halides is 3. The molecule has 0 bridgehead atoms. The fraction of sp³-hybridized carbons (Fsp3) is 0.267. The standard InChI is InChI=1S/C15H15F3N2O/c1-19-13(14-12(21-2)4-3-9-20-14)10-5-7-11(8-6-10)15(16,17)18/h3-9,13,19H,1-2H3. The van der Waals surface area contributed by atoms with Crippen molar-refractivity contribution in [2.75, 3.05) is 14.2 Å². The zero-order valence-electron chi connectivity index (χ0n) is 11.6. The van der Waals surface area contributed by atoms with Gasteiger partial charge in [-0.25, -0.2) is 0 Å². The molecule has 3 nitrogen and oxygen atoms in total. The normalized spacial score (nSPS) is 13.0. The zero-order valence-corrected chi connectivity index (χ0v) is 11.6. The van der Waals surface area contributed by atoms with Crippen LogP contribution in [-0.2, 0) is 6.18 Å². The van der Waals surface area contributed by atoms with Gasteiger partial charge in [-0.1, -0.05) is 12.1 Å². The van der Waals surface area contributed by atoms with Crippen molar-refractivity contribution in [3.8, 4) is 5.75 Å². The molecule has 112 valence electrons. The minimum absolute atomic E-state index is 0.344. The van der Waals surface area contributed by atoms with Crippen molar-refractivity contribution in [1.29, 1.82) is 0 Å². The molecule has 1 atom stereocenters. The summed E-state index contributed by atoms with van der Waals surface area (Å²) < 4.78 is 43.0. The number of rotatable bonds is 4. The van der Waals surface area contributed by atoms with Crippen LogP contribution in [0.5, 0.6) is 5.75 Å². The molecule has 0 aliphatic carbocycles. The lowest BCUT2D eigenvalue weighted by molar-refractivity contribution is -0.137. The predicted octanol–water partition coefficient (Wildman–Crippen LogP) is 3.42. The van der Waals surface area contributed by atoms with Gasteiger partial charge < -0.3 is 10.1 Å². The summed E-state index contributed by atoms with van der Waals surface area (Å²) in [5, 5.41) is 3.04. The topological polar surface area (TPSA) is 34.2 Å². The maximum Gasteiger partial charge on any atom is 0.416 e. The molecule has 0 saturated carbocycles. The second-order valence-corrected chi connectivity index (χ2v) is 4.43. The number of halogens is 3. The number of hydrogen-bond acceptors (Lipinski definition) is 3. The van der Waals surface area contributed by atoms with Crippen LogP contribution in [0.3, 0.4) is 0 Å². The van der Waals surface area contributed by atoms with Gasteiger partial charge in [0.25, 0.3) is 0 Å². The second-order valence-electron chi connectivity index (χ2n) is 4.43. The van der Waals surface area contributed by atoms with E-state index < -0.39 is 11.7 Å². The summed E-state index contributed by atoms with van der Waals surface area (Å²) >= 11 is 0. The van der Waals surface area contributed by atoms with Gasteiger partial charge in [-0.2, -0.15) is 13.2 Å². The summed E-state index contributed by atoms with van der Waals surface area (Å²) in [6.45, 7) is 0. The van der Waals surface area contributed by atoms with Crippen LogP contribution in [0, 0.1) is 0 Å². The molecule has 21 heavy (non-hydrogen) atoms. The van der Waals surface area contributed by atoms with Gasteiger partial charge in [0.1, 0.15) is 11.4 Å². The van der Waals surface area contributed by atoms with E-state index in [9.17, 15) is 13.2 Å². The molecule has 0 amide bonds. The number of aromatic nitrogens is 1. The van der Waals surface area contributed by atoms with Crippen LogP contribution in [0.15, 0.2) is 42.6 Å². The van der Waals surface area contributed by atoms with Crippen molar-refractivity contribution >= 4 is 0 Å². The molecule has 2 rings (SSSR count). The smallest absolute Gasteiger partial charge is 0.416 e. The number of hydrogen-bond donors (Lipinski definition) is 1. The van der Waals surface area contributed by atoms with Gasteiger partial charge in [-0.15, -0.1) is 0 Å². The number of benzene rings is 1. The molecule has 2 aromatic rings. The molecule has 0 aliphatic rings. The molecule has 0 saturated heterocycles. The molecular formula is C15H15F3N2O. The first-order chi connectivity index (χ1) is 9.97. The number of ether oxygens (including phenoxy) is 1. The van der Waals surface area contributed by atoms with E-state index in [1.165, 1.54) is 19.2 Å². The highest BCUT2D eigenvalue weighted by molar-refractivity contribution is 5.38. The van der Waals surface area contributed by atoms with Gasteiger partial charge in [0.15, 0.2) is 0 Å². The Morgan fingerprint density at radius 3 is 2.33 bits per heavy atom. The lowest BCUT2D eigenvalue weighted by Crippen LogP contribution is -2.20. The summed E-state index contributed by atoms with van der Waals surface area (Å²) in [5.41, 5.74) is 0.638. The number of methoxy groups -OCH3 is 1. The van der Waals surface area contributed by atoms with Crippen molar-refractivity contribution < 1.29 is 17.9 Å². The van der Waals surface area contributed by atoms with Gasteiger partial charge >= 0.3 is 6.18 Å². The van der Waals surface area contributed by atoms with Gasteiger partial charge in [0.2, 0.25) is 0 Å². The van der Waals surface area contributed by atoms with E-state index in [4.69, 9.17) is 4.74 Å². The van der Waals surface area contributed by atoms with Crippen LogP contribution in [0.1, 0.15) is 22.9 Å². The molecule has 6 heteroatoms. The highest BCUT2D eigenvalue weighted by Crippen LogP contribution is 2.32. The summed E-state index contributed by atoms with van der Waals surface area (Å²) in [6, 6.07) is 8.17. The number of nitrogens with one attached hydrogen (secondary N) is 1. The van der Waals surface area contributed by atoms with Gasteiger partial charge in [0, 0.05) is 6.20 Å². The summed E-state index contributed by atoms with van der Waals surface area (Å²) in [7, 11) is 3.25. The molecule has 1 N–H and O–H groups in total. The minimum atomic E-state index is -4.34.